The molecule has 1 fully saturated rings. The van der Waals surface area contributed by atoms with E-state index in [9.17, 15) is 0 Å². The number of ether oxygens (including phenoxy) is 1. The minimum atomic E-state index is 0.246. The lowest BCUT2D eigenvalue weighted by molar-refractivity contribution is 0.162. The third kappa shape index (κ3) is 7.93. The molecule has 8 heteroatoms. The lowest BCUT2D eigenvalue weighted by Gasteiger charge is -2.23. The van der Waals surface area contributed by atoms with E-state index in [0.29, 0.717) is 6.54 Å². The molecule has 1 saturated heterocycles. The van der Waals surface area contributed by atoms with E-state index < -0.39 is 0 Å². The molecule has 40 heavy (non-hydrogen) atoms. The predicted molar refractivity (Wildman–Crippen MR) is 166 cm³/mol. The molecule has 3 aromatic rings. The van der Waals surface area contributed by atoms with Gasteiger partial charge in [-0.3, -0.25) is 14.4 Å². The molecule has 0 radical (unpaired) electrons. The number of rotatable bonds is 12. The van der Waals surface area contributed by atoms with Gasteiger partial charge in [0, 0.05) is 55.7 Å². The molecule has 0 aliphatic carbocycles. The van der Waals surface area contributed by atoms with Crippen molar-refractivity contribution in [2.75, 3.05) is 20.1 Å². The summed E-state index contributed by atoms with van der Waals surface area (Å²) < 4.78 is 8.29. The maximum atomic E-state index is 6.23. The highest BCUT2D eigenvalue weighted by atomic mass is 16.5. The summed E-state index contributed by atoms with van der Waals surface area (Å²) in [6.45, 7) is 6.90. The topological polar surface area (TPSA) is 101 Å². The summed E-state index contributed by atoms with van der Waals surface area (Å²) >= 11 is 0. The van der Waals surface area contributed by atoms with Crippen molar-refractivity contribution in [1.29, 1.82) is 0 Å². The number of hydrogen-bond acceptors (Lipinski definition) is 7. The van der Waals surface area contributed by atoms with Crippen molar-refractivity contribution >= 4 is 23.1 Å². The number of imidazole rings is 1. The summed E-state index contributed by atoms with van der Waals surface area (Å²) in [5, 5.41) is 6.90. The van der Waals surface area contributed by atoms with Gasteiger partial charge in [0.05, 0.1) is 17.6 Å². The average Bonchev–Trinajstić information content (AvgIpc) is 3.40. The Morgan fingerprint density at radius 1 is 1.23 bits per heavy atom. The van der Waals surface area contributed by atoms with Crippen molar-refractivity contribution in [3.63, 3.8) is 0 Å². The zero-order valence-corrected chi connectivity index (χ0v) is 23.8. The number of pyridine rings is 1. The molecule has 0 saturated carbocycles. The Balaban J connectivity index is 1.50. The first-order valence-corrected chi connectivity index (χ1v) is 14.0. The SMILES string of the molecule is CCC/C=C/N=C(/C=C(\C)NCc1ccc(C(C=NC)=CN)cc1)c1cnc2cc(OC3CCNCC3)ccn12. The zero-order valence-electron chi connectivity index (χ0n) is 23.8. The molecule has 8 nitrogen and oxygen atoms in total. The number of unbranched alkanes of at least 4 members (excludes halogenated alkanes) is 1. The Morgan fingerprint density at radius 2 is 2.02 bits per heavy atom. The molecular weight excluding hydrogens is 498 g/mol. The number of aliphatic imine (C=N–C) groups is 2. The van der Waals surface area contributed by atoms with Crippen molar-refractivity contribution in [2.45, 2.75) is 52.2 Å². The summed E-state index contributed by atoms with van der Waals surface area (Å²) in [6, 6.07) is 12.3. The fourth-order valence-electron chi connectivity index (χ4n) is 4.55. The van der Waals surface area contributed by atoms with Gasteiger partial charge < -0.3 is 21.1 Å². The van der Waals surface area contributed by atoms with Crippen LogP contribution in [0.3, 0.4) is 0 Å². The van der Waals surface area contributed by atoms with E-state index in [1.807, 2.05) is 30.7 Å². The van der Waals surface area contributed by atoms with Crippen LogP contribution in [0.15, 0.2) is 89.0 Å². The Labute approximate surface area is 237 Å². The lowest BCUT2D eigenvalue weighted by atomic mass is 10.1. The van der Waals surface area contributed by atoms with Crippen molar-refractivity contribution < 1.29 is 4.74 Å². The van der Waals surface area contributed by atoms with Crippen LogP contribution in [0.2, 0.25) is 0 Å². The summed E-state index contributed by atoms with van der Waals surface area (Å²) in [7, 11) is 1.74. The molecule has 4 N–H and O–H groups in total. The van der Waals surface area contributed by atoms with E-state index in [2.05, 4.69) is 75.3 Å². The van der Waals surface area contributed by atoms with Gasteiger partial charge in [0.25, 0.3) is 0 Å². The highest BCUT2D eigenvalue weighted by Crippen LogP contribution is 2.20. The number of nitrogens with two attached hydrogens (primary N) is 1. The Bertz CT molecular complexity index is 1390. The second-order valence-corrected chi connectivity index (χ2v) is 9.88. The van der Waals surface area contributed by atoms with Gasteiger partial charge >= 0.3 is 0 Å². The summed E-state index contributed by atoms with van der Waals surface area (Å²) in [6.07, 6.45) is 17.6. The number of hydrogen-bond donors (Lipinski definition) is 3. The highest BCUT2D eigenvalue weighted by molar-refractivity contribution is 6.09. The van der Waals surface area contributed by atoms with Crippen molar-refractivity contribution in [1.82, 2.24) is 20.0 Å². The highest BCUT2D eigenvalue weighted by Gasteiger charge is 2.16. The summed E-state index contributed by atoms with van der Waals surface area (Å²) in [5.41, 5.74) is 12.4. The van der Waals surface area contributed by atoms with E-state index >= 15 is 0 Å². The summed E-state index contributed by atoms with van der Waals surface area (Å²) in [5.74, 6) is 0.855. The first kappa shape index (κ1) is 28.8. The summed E-state index contributed by atoms with van der Waals surface area (Å²) in [4.78, 5) is 13.6. The second-order valence-electron chi connectivity index (χ2n) is 9.88. The normalized spacial score (nSPS) is 15.9. The van der Waals surface area contributed by atoms with Crippen molar-refractivity contribution in [2.24, 2.45) is 15.7 Å². The number of piperidine rings is 1. The molecule has 210 valence electrons. The first-order valence-electron chi connectivity index (χ1n) is 14.0. The van der Waals surface area contributed by atoms with Gasteiger partial charge in [0.1, 0.15) is 17.5 Å². The molecule has 3 heterocycles. The van der Waals surface area contributed by atoms with Crippen molar-refractivity contribution in [3.05, 3.63) is 95.9 Å². The van der Waals surface area contributed by atoms with Crippen LogP contribution in [0, 0.1) is 0 Å². The lowest BCUT2D eigenvalue weighted by Crippen LogP contribution is -2.34. The maximum Gasteiger partial charge on any atom is 0.140 e. The van der Waals surface area contributed by atoms with Crippen LogP contribution in [-0.2, 0) is 6.54 Å². The molecule has 0 spiro atoms. The number of nitrogens with zero attached hydrogens (tertiary/aromatic N) is 4. The van der Waals surface area contributed by atoms with Crippen LogP contribution >= 0.6 is 0 Å². The van der Waals surface area contributed by atoms with Gasteiger partial charge in [-0.25, -0.2) is 4.98 Å². The molecule has 0 unspecified atom stereocenters. The van der Waals surface area contributed by atoms with Gasteiger partial charge in [0.15, 0.2) is 0 Å². The van der Waals surface area contributed by atoms with Crippen LogP contribution in [0.1, 0.15) is 56.4 Å². The molecule has 0 atom stereocenters. The maximum absolute atomic E-state index is 6.23. The Hall–Kier alpha value is -4.17. The minimum Gasteiger partial charge on any atom is -0.490 e. The monoisotopic (exact) mass is 539 g/mol. The van der Waals surface area contributed by atoms with E-state index in [1.165, 1.54) is 5.56 Å². The molecule has 1 aromatic carbocycles. The molecule has 1 aliphatic rings. The predicted octanol–water partition coefficient (Wildman–Crippen LogP) is 5.26. The molecule has 0 amide bonds. The van der Waals surface area contributed by atoms with E-state index in [4.69, 9.17) is 15.5 Å². The van der Waals surface area contributed by atoms with Crippen LogP contribution < -0.4 is 21.1 Å². The van der Waals surface area contributed by atoms with E-state index in [1.54, 1.807) is 19.5 Å². The number of fused-ring (bicyclic) bond motifs is 1. The van der Waals surface area contributed by atoms with E-state index in [0.717, 1.165) is 78.4 Å². The first-order chi connectivity index (χ1) is 19.6. The molecule has 2 aromatic heterocycles. The smallest absolute Gasteiger partial charge is 0.140 e. The van der Waals surface area contributed by atoms with Gasteiger partial charge in [0.2, 0.25) is 0 Å². The fourth-order valence-corrected chi connectivity index (χ4v) is 4.55. The van der Waals surface area contributed by atoms with Crippen LogP contribution in [-0.4, -0.2) is 47.6 Å². The average molecular weight is 540 g/mol. The molecule has 4 rings (SSSR count). The van der Waals surface area contributed by atoms with Gasteiger partial charge in [-0.05, 0) is 62.5 Å². The van der Waals surface area contributed by atoms with Gasteiger partial charge in [-0.15, -0.1) is 0 Å². The van der Waals surface area contributed by atoms with E-state index in [-0.39, 0.29) is 6.10 Å². The minimum absolute atomic E-state index is 0.246. The van der Waals surface area contributed by atoms with Crippen LogP contribution in [0.5, 0.6) is 5.75 Å². The van der Waals surface area contributed by atoms with Crippen LogP contribution in [0.4, 0.5) is 0 Å². The number of aromatic nitrogens is 2. The molecular formula is C32H41N7O. The molecule has 0 bridgehead atoms. The third-order valence-corrected chi connectivity index (χ3v) is 6.77. The second kappa shape index (κ2) is 14.8. The van der Waals surface area contributed by atoms with Crippen molar-refractivity contribution in [3.8, 4) is 5.75 Å². The van der Waals surface area contributed by atoms with Gasteiger partial charge in [-0.1, -0.05) is 43.7 Å². The zero-order chi connectivity index (χ0) is 28.2. The van der Waals surface area contributed by atoms with Gasteiger partial charge in [-0.2, -0.15) is 0 Å². The quantitative estimate of drug-likeness (QED) is 0.273. The Kier molecular flexibility index (Phi) is 10.7. The Morgan fingerprint density at radius 3 is 2.75 bits per heavy atom. The molecule has 1 aliphatic heterocycles. The number of nitrogens with one attached hydrogen (secondary N) is 2. The third-order valence-electron chi connectivity index (χ3n) is 6.77. The standard InChI is InChI=1S/C32H41N7O/c1-4-5-6-14-36-30(18-24(2)37-21-25-7-9-26(10-8-25)27(20-33)22-34-3)31-23-38-32-19-29(13-17-39(31)32)40-28-11-15-35-16-12-28/h6-10,13-14,17-20,22-23,28,35,37H,4-5,11-12,15-16,21,33H2,1-3H3/b14-6+,24-18+,27-20?,34-22?,36-30-. The largest absolute Gasteiger partial charge is 0.490 e. The fraction of sp³-hybridized carbons (Fsp3) is 0.344. The van der Waals surface area contributed by atoms with Crippen LogP contribution in [0.25, 0.3) is 11.2 Å². The number of benzene rings is 1. The number of allylic oxidation sites excluding steroid dienone is 4.